The maximum absolute atomic E-state index is 12.6. The van der Waals surface area contributed by atoms with E-state index in [1.54, 1.807) is 24.4 Å². The zero-order valence-electron chi connectivity index (χ0n) is 16.1. The number of pyridine rings is 1. The van der Waals surface area contributed by atoms with Crippen molar-refractivity contribution in [3.05, 3.63) is 53.9 Å². The molecule has 0 saturated carbocycles. The molecule has 3 N–H and O–H groups in total. The van der Waals surface area contributed by atoms with Crippen LogP contribution in [0.4, 0.5) is 13.2 Å². The first kappa shape index (κ1) is 23.0. The maximum Gasteiger partial charge on any atom is 0.422 e. The van der Waals surface area contributed by atoms with Crippen molar-refractivity contribution >= 4 is 11.8 Å². The van der Waals surface area contributed by atoms with Crippen LogP contribution in [0.5, 0.6) is 11.5 Å². The van der Waals surface area contributed by atoms with E-state index in [1.165, 1.54) is 18.2 Å². The van der Waals surface area contributed by atoms with Crippen LogP contribution in [0.2, 0.25) is 0 Å². The van der Waals surface area contributed by atoms with E-state index in [1.807, 2.05) is 0 Å². The van der Waals surface area contributed by atoms with Crippen LogP contribution >= 0.6 is 0 Å². The lowest BCUT2D eigenvalue weighted by atomic mass is 10.1. The highest BCUT2D eigenvalue weighted by Gasteiger charge is 2.29. The quantitative estimate of drug-likeness (QED) is 0.539. The Labute approximate surface area is 171 Å². The molecule has 1 aromatic heterocycles. The highest BCUT2D eigenvalue weighted by molar-refractivity contribution is 5.97. The molecule has 0 fully saturated rings. The number of nitrogens with two attached hydrogens (primary N) is 1. The average Bonchev–Trinajstić information content (AvgIpc) is 2.70. The SMILES string of the molecule is NC(=O)CCCCOc1ccc(OCC(F)(F)F)c(C(=O)NCc2ccccn2)c1. The summed E-state index contributed by atoms with van der Waals surface area (Å²) in [6, 6.07) is 9.15. The van der Waals surface area contributed by atoms with E-state index >= 15 is 0 Å². The maximum atomic E-state index is 12.6. The normalized spacial score (nSPS) is 11.0. The van der Waals surface area contributed by atoms with Crippen LogP contribution in [0.1, 0.15) is 35.3 Å². The minimum atomic E-state index is -4.54. The summed E-state index contributed by atoms with van der Waals surface area (Å²) in [5.41, 5.74) is 5.56. The van der Waals surface area contributed by atoms with E-state index in [2.05, 4.69) is 10.3 Å². The van der Waals surface area contributed by atoms with Gasteiger partial charge >= 0.3 is 6.18 Å². The highest BCUT2D eigenvalue weighted by atomic mass is 19.4. The van der Waals surface area contributed by atoms with Gasteiger partial charge < -0.3 is 20.5 Å². The molecule has 7 nitrogen and oxygen atoms in total. The Bertz CT molecular complexity index is 845. The number of alkyl halides is 3. The highest BCUT2D eigenvalue weighted by Crippen LogP contribution is 2.27. The summed E-state index contributed by atoms with van der Waals surface area (Å²) in [7, 11) is 0. The van der Waals surface area contributed by atoms with Gasteiger partial charge in [-0.25, -0.2) is 0 Å². The molecule has 30 heavy (non-hydrogen) atoms. The fourth-order valence-electron chi connectivity index (χ4n) is 2.42. The van der Waals surface area contributed by atoms with E-state index in [0.717, 1.165) is 0 Å². The van der Waals surface area contributed by atoms with E-state index in [4.69, 9.17) is 15.2 Å². The molecule has 10 heteroatoms. The van der Waals surface area contributed by atoms with Crippen molar-refractivity contribution < 1.29 is 32.2 Å². The number of aromatic nitrogens is 1. The van der Waals surface area contributed by atoms with E-state index in [0.29, 0.717) is 18.5 Å². The lowest BCUT2D eigenvalue weighted by Gasteiger charge is -2.15. The molecule has 1 heterocycles. The molecule has 0 radical (unpaired) electrons. The number of nitrogens with one attached hydrogen (secondary N) is 1. The zero-order chi connectivity index (χ0) is 22.0. The summed E-state index contributed by atoms with van der Waals surface area (Å²) in [6.07, 6.45) is -1.66. The van der Waals surface area contributed by atoms with Crippen molar-refractivity contribution in [3.63, 3.8) is 0 Å². The monoisotopic (exact) mass is 425 g/mol. The van der Waals surface area contributed by atoms with Gasteiger partial charge in [0.05, 0.1) is 24.4 Å². The third kappa shape index (κ3) is 8.38. The standard InChI is InChI=1S/C20H22F3N3O4/c21-20(22,23)13-30-17-8-7-15(29-10-4-2-6-18(24)27)11-16(17)19(28)26-12-14-5-1-3-9-25-14/h1,3,5,7-9,11H,2,4,6,10,12-13H2,(H2,24,27)(H,26,28). The van der Waals surface area contributed by atoms with Crippen LogP contribution in [0, 0.1) is 0 Å². The summed E-state index contributed by atoms with van der Waals surface area (Å²) in [6.45, 7) is -1.18. The number of carbonyl (C=O) groups is 2. The third-order valence-electron chi connectivity index (χ3n) is 3.83. The van der Waals surface area contributed by atoms with Crippen molar-refractivity contribution in [2.45, 2.75) is 32.0 Å². The number of primary amides is 1. The third-order valence-corrected chi connectivity index (χ3v) is 3.83. The number of nitrogens with zero attached hydrogens (tertiary/aromatic N) is 1. The summed E-state index contributed by atoms with van der Waals surface area (Å²) in [4.78, 5) is 27.4. The van der Waals surface area contributed by atoms with E-state index < -0.39 is 24.6 Å². The van der Waals surface area contributed by atoms with Crippen LogP contribution in [0.25, 0.3) is 0 Å². The number of ether oxygens (including phenoxy) is 2. The lowest BCUT2D eigenvalue weighted by Crippen LogP contribution is -2.25. The van der Waals surface area contributed by atoms with Crippen molar-refractivity contribution in [1.29, 1.82) is 0 Å². The minimum absolute atomic E-state index is 0.0928. The Kier molecular flexibility index (Phi) is 8.45. The van der Waals surface area contributed by atoms with Crippen LogP contribution in [0.3, 0.4) is 0 Å². The number of rotatable bonds is 11. The first-order valence-corrected chi connectivity index (χ1v) is 9.17. The molecule has 0 aliphatic rings. The molecule has 0 aliphatic carbocycles. The zero-order valence-corrected chi connectivity index (χ0v) is 16.1. The van der Waals surface area contributed by atoms with Gasteiger partial charge in [0.15, 0.2) is 6.61 Å². The number of halogens is 3. The lowest BCUT2D eigenvalue weighted by molar-refractivity contribution is -0.153. The van der Waals surface area contributed by atoms with Crippen LogP contribution in [0.15, 0.2) is 42.6 Å². The van der Waals surface area contributed by atoms with Gasteiger partial charge in [0, 0.05) is 12.6 Å². The van der Waals surface area contributed by atoms with Gasteiger partial charge in [0.2, 0.25) is 5.91 Å². The average molecular weight is 425 g/mol. The summed E-state index contributed by atoms with van der Waals surface area (Å²) in [5, 5.41) is 2.60. The molecule has 2 amide bonds. The van der Waals surface area contributed by atoms with Crippen LogP contribution in [-0.2, 0) is 11.3 Å². The van der Waals surface area contributed by atoms with Gasteiger partial charge in [-0.3, -0.25) is 14.6 Å². The van der Waals surface area contributed by atoms with Crippen molar-refractivity contribution in [1.82, 2.24) is 10.3 Å². The van der Waals surface area contributed by atoms with E-state index in [9.17, 15) is 22.8 Å². The van der Waals surface area contributed by atoms with Gasteiger partial charge in [0.25, 0.3) is 5.91 Å². The molecule has 0 atom stereocenters. The van der Waals surface area contributed by atoms with Gasteiger partial charge in [-0.1, -0.05) is 6.07 Å². The number of hydrogen-bond donors (Lipinski definition) is 2. The first-order chi connectivity index (χ1) is 14.2. The largest absolute Gasteiger partial charge is 0.494 e. The van der Waals surface area contributed by atoms with Gasteiger partial charge in [-0.15, -0.1) is 0 Å². The molecule has 1 aromatic carbocycles. The predicted octanol–water partition coefficient (Wildman–Crippen LogP) is 2.99. The fraction of sp³-hybridized carbons (Fsp3) is 0.350. The number of benzene rings is 1. The fourth-order valence-corrected chi connectivity index (χ4v) is 2.42. The van der Waals surface area contributed by atoms with E-state index in [-0.39, 0.29) is 36.6 Å². The number of amides is 2. The Morgan fingerprint density at radius 3 is 2.57 bits per heavy atom. The molecule has 2 aromatic rings. The number of carbonyl (C=O) groups excluding carboxylic acids is 2. The Morgan fingerprint density at radius 1 is 1.10 bits per heavy atom. The van der Waals surface area contributed by atoms with Gasteiger partial charge in [0.1, 0.15) is 11.5 Å². The molecule has 0 unspecified atom stereocenters. The summed E-state index contributed by atoms with van der Waals surface area (Å²) >= 11 is 0. The first-order valence-electron chi connectivity index (χ1n) is 9.17. The van der Waals surface area contributed by atoms with Gasteiger partial charge in [-0.05, 0) is 43.2 Å². The second kappa shape index (κ2) is 11.0. The smallest absolute Gasteiger partial charge is 0.422 e. The Hall–Kier alpha value is -3.30. The molecule has 0 aliphatic heterocycles. The minimum Gasteiger partial charge on any atom is -0.494 e. The molecular formula is C20H22F3N3O4. The molecule has 2 rings (SSSR count). The molecule has 0 bridgehead atoms. The van der Waals surface area contributed by atoms with Crippen LogP contribution < -0.4 is 20.5 Å². The Morgan fingerprint density at radius 2 is 1.90 bits per heavy atom. The predicted molar refractivity (Wildman–Crippen MR) is 102 cm³/mol. The second-order valence-corrected chi connectivity index (χ2v) is 6.34. The summed E-state index contributed by atoms with van der Waals surface area (Å²) in [5.74, 6) is -0.964. The van der Waals surface area contributed by atoms with Gasteiger partial charge in [-0.2, -0.15) is 13.2 Å². The van der Waals surface area contributed by atoms with Crippen molar-refractivity contribution in [2.24, 2.45) is 5.73 Å². The van der Waals surface area contributed by atoms with Crippen molar-refractivity contribution in [2.75, 3.05) is 13.2 Å². The second-order valence-electron chi connectivity index (χ2n) is 6.34. The van der Waals surface area contributed by atoms with Crippen LogP contribution in [-0.4, -0.2) is 36.2 Å². The molecular weight excluding hydrogens is 403 g/mol. The van der Waals surface area contributed by atoms with Crippen molar-refractivity contribution in [3.8, 4) is 11.5 Å². The summed E-state index contributed by atoms with van der Waals surface area (Å²) < 4.78 is 47.9. The number of hydrogen-bond acceptors (Lipinski definition) is 5. The Balaban J connectivity index is 2.06. The molecule has 0 saturated heterocycles. The number of unbranched alkanes of at least 4 members (excludes halogenated alkanes) is 1. The topological polar surface area (TPSA) is 104 Å². The molecule has 0 spiro atoms. The molecule has 162 valence electrons.